The average Bonchev–Trinajstić information content (AvgIpc) is 2.84. The summed E-state index contributed by atoms with van der Waals surface area (Å²) >= 11 is 3.58. The van der Waals surface area contributed by atoms with Crippen LogP contribution in [0.25, 0.3) is 0 Å². The topological polar surface area (TPSA) is 12.5 Å². The molecule has 100 valence electrons. The SMILES string of the molecule is Cc1cc(OCCCN2CCCC2)cc(C)c1Br. The molecule has 0 aliphatic carbocycles. The van der Waals surface area contributed by atoms with Crippen LogP contribution in [0.3, 0.4) is 0 Å². The molecule has 1 saturated heterocycles. The van der Waals surface area contributed by atoms with E-state index >= 15 is 0 Å². The van der Waals surface area contributed by atoms with Gasteiger partial charge in [0.05, 0.1) is 6.61 Å². The van der Waals surface area contributed by atoms with Crippen LogP contribution in [0, 0.1) is 13.8 Å². The van der Waals surface area contributed by atoms with Crippen molar-refractivity contribution in [2.45, 2.75) is 33.1 Å². The third-order valence-electron chi connectivity index (χ3n) is 3.50. The number of aryl methyl sites for hydroxylation is 2. The predicted octanol–water partition coefficient (Wildman–Crippen LogP) is 3.93. The Morgan fingerprint density at radius 3 is 2.39 bits per heavy atom. The quantitative estimate of drug-likeness (QED) is 0.764. The van der Waals surface area contributed by atoms with Crippen LogP contribution in [-0.2, 0) is 0 Å². The summed E-state index contributed by atoms with van der Waals surface area (Å²) in [5.41, 5.74) is 2.48. The van der Waals surface area contributed by atoms with Gasteiger partial charge in [-0.2, -0.15) is 0 Å². The molecular formula is C15H22BrNO. The highest BCUT2D eigenvalue weighted by Crippen LogP contribution is 2.26. The molecule has 0 unspecified atom stereocenters. The lowest BCUT2D eigenvalue weighted by Gasteiger charge is -2.15. The fraction of sp³-hybridized carbons (Fsp3) is 0.600. The van der Waals surface area contributed by atoms with Crippen LogP contribution in [0.15, 0.2) is 16.6 Å². The van der Waals surface area contributed by atoms with E-state index in [4.69, 9.17) is 4.74 Å². The molecule has 2 rings (SSSR count). The van der Waals surface area contributed by atoms with Crippen molar-refractivity contribution in [1.29, 1.82) is 0 Å². The van der Waals surface area contributed by atoms with Gasteiger partial charge < -0.3 is 9.64 Å². The molecule has 0 saturated carbocycles. The first-order valence-electron chi connectivity index (χ1n) is 6.79. The molecule has 2 nitrogen and oxygen atoms in total. The summed E-state index contributed by atoms with van der Waals surface area (Å²) < 4.78 is 7.02. The Morgan fingerprint density at radius 1 is 1.17 bits per heavy atom. The maximum absolute atomic E-state index is 5.83. The molecule has 0 bridgehead atoms. The Kier molecular flexibility index (Phi) is 5.07. The van der Waals surface area contributed by atoms with Crippen molar-refractivity contribution in [3.8, 4) is 5.75 Å². The summed E-state index contributed by atoms with van der Waals surface area (Å²) in [4.78, 5) is 2.53. The van der Waals surface area contributed by atoms with Gasteiger partial charge in [0.1, 0.15) is 5.75 Å². The van der Waals surface area contributed by atoms with Crippen LogP contribution in [0.1, 0.15) is 30.4 Å². The maximum atomic E-state index is 5.83. The van der Waals surface area contributed by atoms with Crippen LogP contribution in [-0.4, -0.2) is 31.1 Å². The number of hydrogen-bond donors (Lipinski definition) is 0. The van der Waals surface area contributed by atoms with Gasteiger partial charge in [0.2, 0.25) is 0 Å². The first-order chi connectivity index (χ1) is 8.66. The van der Waals surface area contributed by atoms with Gasteiger partial charge in [-0.05, 0) is 69.5 Å². The van der Waals surface area contributed by atoms with E-state index in [1.165, 1.54) is 48.1 Å². The molecule has 1 aliphatic heterocycles. The molecule has 0 radical (unpaired) electrons. The Hall–Kier alpha value is -0.540. The lowest BCUT2D eigenvalue weighted by molar-refractivity contribution is 0.263. The summed E-state index contributed by atoms with van der Waals surface area (Å²) in [6.07, 6.45) is 3.85. The predicted molar refractivity (Wildman–Crippen MR) is 79.4 cm³/mol. The Morgan fingerprint density at radius 2 is 1.78 bits per heavy atom. The van der Waals surface area contributed by atoms with E-state index in [9.17, 15) is 0 Å². The zero-order valence-electron chi connectivity index (χ0n) is 11.3. The lowest BCUT2D eigenvalue weighted by atomic mass is 10.1. The Labute approximate surface area is 118 Å². The first kappa shape index (κ1) is 13.9. The van der Waals surface area contributed by atoms with Crippen LogP contribution in [0.2, 0.25) is 0 Å². The van der Waals surface area contributed by atoms with E-state index in [2.05, 4.69) is 46.8 Å². The molecular weight excluding hydrogens is 290 g/mol. The zero-order chi connectivity index (χ0) is 13.0. The van der Waals surface area contributed by atoms with Crippen molar-refractivity contribution in [2.24, 2.45) is 0 Å². The zero-order valence-corrected chi connectivity index (χ0v) is 12.9. The molecule has 1 aromatic carbocycles. The highest BCUT2D eigenvalue weighted by molar-refractivity contribution is 9.10. The number of benzene rings is 1. The number of rotatable bonds is 5. The van der Waals surface area contributed by atoms with Crippen LogP contribution in [0.4, 0.5) is 0 Å². The minimum absolute atomic E-state index is 0.816. The molecule has 0 spiro atoms. The van der Waals surface area contributed by atoms with Gasteiger partial charge in [0.15, 0.2) is 0 Å². The highest BCUT2D eigenvalue weighted by Gasteiger charge is 2.10. The van der Waals surface area contributed by atoms with Gasteiger partial charge in [0, 0.05) is 11.0 Å². The van der Waals surface area contributed by atoms with Crippen molar-refractivity contribution in [3.05, 3.63) is 27.7 Å². The first-order valence-corrected chi connectivity index (χ1v) is 7.58. The van der Waals surface area contributed by atoms with E-state index in [1.807, 2.05) is 0 Å². The third kappa shape index (κ3) is 3.72. The molecule has 1 aliphatic rings. The van der Waals surface area contributed by atoms with Crippen LogP contribution < -0.4 is 4.74 Å². The number of likely N-dealkylation sites (tertiary alicyclic amines) is 1. The molecule has 0 atom stereocenters. The molecule has 18 heavy (non-hydrogen) atoms. The molecule has 3 heteroatoms. The van der Waals surface area contributed by atoms with E-state index in [1.54, 1.807) is 0 Å². The highest BCUT2D eigenvalue weighted by atomic mass is 79.9. The molecule has 0 amide bonds. The second-order valence-corrected chi connectivity index (χ2v) is 5.91. The second-order valence-electron chi connectivity index (χ2n) is 5.12. The van der Waals surface area contributed by atoms with Crippen LogP contribution >= 0.6 is 15.9 Å². The summed E-state index contributed by atoms with van der Waals surface area (Å²) in [6.45, 7) is 8.75. The second kappa shape index (κ2) is 6.58. The van der Waals surface area contributed by atoms with Gasteiger partial charge in [-0.1, -0.05) is 15.9 Å². The smallest absolute Gasteiger partial charge is 0.119 e. The van der Waals surface area contributed by atoms with Crippen molar-refractivity contribution < 1.29 is 4.74 Å². The Bertz CT molecular complexity index is 376. The van der Waals surface area contributed by atoms with Crippen molar-refractivity contribution >= 4 is 15.9 Å². The van der Waals surface area contributed by atoms with Crippen molar-refractivity contribution in [2.75, 3.05) is 26.2 Å². The van der Waals surface area contributed by atoms with Crippen molar-refractivity contribution in [1.82, 2.24) is 4.90 Å². The van der Waals surface area contributed by atoms with Gasteiger partial charge in [0.25, 0.3) is 0 Å². The number of hydrogen-bond acceptors (Lipinski definition) is 2. The largest absolute Gasteiger partial charge is 0.494 e. The van der Waals surface area contributed by atoms with E-state index in [0.717, 1.165) is 18.8 Å². The minimum Gasteiger partial charge on any atom is -0.494 e. The summed E-state index contributed by atoms with van der Waals surface area (Å²) in [7, 11) is 0. The standard InChI is InChI=1S/C15H22BrNO/c1-12-10-14(11-13(2)15(12)16)18-9-5-8-17-6-3-4-7-17/h10-11H,3-9H2,1-2H3. The van der Waals surface area contributed by atoms with E-state index < -0.39 is 0 Å². The third-order valence-corrected chi connectivity index (χ3v) is 4.75. The van der Waals surface area contributed by atoms with Crippen LogP contribution in [0.5, 0.6) is 5.75 Å². The maximum Gasteiger partial charge on any atom is 0.119 e. The van der Waals surface area contributed by atoms with E-state index in [-0.39, 0.29) is 0 Å². The van der Waals surface area contributed by atoms with Gasteiger partial charge in [-0.3, -0.25) is 0 Å². The Balaban J connectivity index is 1.76. The lowest BCUT2D eigenvalue weighted by Crippen LogP contribution is -2.21. The molecule has 0 aromatic heterocycles. The fourth-order valence-electron chi connectivity index (χ4n) is 2.47. The average molecular weight is 312 g/mol. The monoisotopic (exact) mass is 311 g/mol. The molecule has 1 heterocycles. The normalized spacial score (nSPS) is 16.2. The summed E-state index contributed by atoms with van der Waals surface area (Å²) in [5, 5.41) is 0. The summed E-state index contributed by atoms with van der Waals surface area (Å²) in [5.74, 6) is 0.995. The molecule has 0 N–H and O–H groups in total. The number of halogens is 1. The van der Waals surface area contributed by atoms with E-state index in [0.29, 0.717) is 0 Å². The molecule has 1 fully saturated rings. The fourth-order valence-corrected chi connectivity index (χ4v) is 2.70. The molecule has 1 aromatic rings. The number of ether oxygens (including phenoxy) is 1. The van der Waals surface area contributed by atoms with Gasteiger partial charge >= 0.3 is 0 Å². The summed E-state index contributed by atoms with van der Waals surface area (Å²) in [6, 6.07) is 4.21. The number of nitrogens with zero attached hydrogens (tertiary/aromatic N) is 1. The van der Waals surface area contributed by atoms with Gasteiger partial charge in [-0.15, -0.1) is 0 Å². The van der Waals surface area contributed by atoms with Gasteiger partial charge in [-0.25, -0.2) is 0 Å². The minimum atomic E-state index is 0.816. The van der Waals surface area contributed by atoms with Crippen molar-refractivity contribution in [3.63, 3.8) is 0 Å².